The summed E-state index contributed by atoms with van der Waals surface area (Å²) in [6.45, 7) is 2.63. The number of benzene rings is 3. The summed E-state index contributed by atoms with van der Waals surface area (Å²) < 4.78 is 24.5. The van der Waals surface area contributed by atoms with E-state index in [0.29, 0.717) is 47.2 Å². The molecule has 3 aromatic rings. The molecular formula is C28H28ClFN2O4. The van der Waals surface area contributed by atoms with Gasteiger partial charge in [-0.05, 0) is 66.9 Å². The van der Waals surface area contributed by atoms with Crippen LogP contribution >= 0.6 is 11.6 Å². The number of rotatable bonds is 6. The van der Waals surface area contributed by atoms with Crippen molar-refractivity contribution in [2.45, 2.75) is 25.3 Å². The van der Waals surface area contributed by atoms with Gasteiger partial charge in [0.1, 0.15) is 5.82 Å². The quantitative estimate of drug-likeness (QED) is 0.493. The maximum absolute atomic E-state index is 13.9. The van der Waals surface area contributed by atoms with E-state index in [-0.39, 0.29) is 29.6 Å². The topological polar surface area (TPSA) is 67.9 Å². The Hall–Kier alpha value is -3.58. The minimum atomic E-state index is -0.332. The summed E-state index contributed by atoms with van der Waals surface area (Å²) in [5.41, 5.74) is 2.50. The van der Waals surface area contributed by atoms with Crippen LogP contribution in [0, 0.1) is 12.7 Å². The molecule has 3 aromatic carbocycles. The molecule has 1 N–H and O–H groups in total. The Kier molecular flexibility index (Phi) is 7.79. The van der Waals surface area contributed by atoms with Gasteiger partial charge in [0.05, 0.1) is 24.8 Å². The Balaban J connectivity index is 1.62. The number of hydrogen-bond donors (Lipinski definition) is 1. The SMILES string of the molecule is COc1ccc(C(=O)N2CCC(NC(=O)c3ccccc3Cl)C(c3ccc(F)cc3C)C2)cc1OC. The van der Waals surface area contributed by atoms with Crippen molar-refractivity contribution in [3.8, 4) is 11.5 Å². The number of nitrogens with one attached hydrogen (secondary N) is 1. The molecule has 0 aliphatic carbocycles. The van der Waals surface area contributed by atoms with E-state index in [1.54, 1.807) is 53.4 Å². The molecule has 1 heterocycles. The van der Waals surface area contributed by atoms with Gasteiger partial charge >= 0.3 is 0 Å². The lowest BCUT2D eigenvalue weighted by Gasteiger charge is -2.40. The van der Waals surface area contributed by atoms with Gasteiger partial charge in [-0.25, -0.2) is 4.39 Å². The van der Waals surface area contributed by atoms with Crippen LogP contribution in [0.15, 0.2) is 60.7 Å². The van der Waals surface area contributed by atoms with Crippen molar-refractivity contribution in [3.05, 3.63) is 93.8 Å². The predicted octanol–water partition coefficient (Wildman–Crippen LogP) is 5.23. The van der Waals surface area contributed by atoms with Gasteiger partial charge in [-0.2, -0.15) is 0 Å². The second-order valence-corrected chi connectivity index (χ2v) is 9.18. The lowest BCUT2D eigenvalue weighted by molar-refractivity contribution is 0.0671. The number of ether oxygens (including phenoxy) is 2. The number of nitrogens with zero attached hydrogens (tertiary/aromatic N) is 1. The molecule has 6 nitrogen and oxygen atoms in total. The first-order valence-corrected chi connectivity index (χ1v) is 12.0. The van der Waals surface area contributed by atoms with Crippen LogP contribution in [0.4, 0.5) is 4.39 Å². The highest BCUT2D eigenvalue weighted by Gasteiger charge is 2.35. The zero-order valence-electron chi connectivity index (χ0n) is 20.4. The zero-order chi connectivity index (χ0) is 25.8. The Labute approximate surface area is 215 Å². The number of amides is 2. The molecule has 188 valence electrons. The van der Waals surface area contributed by atoms with Gasteiger partial charge in [0.15, 0.2) is 11.5 Å². The van der Waals surface area contributed by atoms with E-state index in [9.17, 15) is 14.0 Å². The van der Waals surface area contributed by atoms with Crippen LogP contribution in [-0.2, 0) is 0 Å². The Morgan fingerprint density at radius 2 is 1.78 bits per heavy atom. The molecule has 1 aliphatic heterocycles. The first-order valence-electron chi connectivity index (χ1n) is 11.6. The van der Waals surface area contributed by atoms with Crippen LogP contribution in [0.25, 0.3) is 0 Å². The standard InChI is InChI=1S/C28H28ClFN2O4/c1-17-14-19(30)9-10-20(17)22-16-32(28(34)18-8-11-25(35-2)26(15-18)36-3)13-12-24(22)31-27(33)21-6-4-5-7-23(21)29/h4-11,14-15,22,24H,12-13,16H2,1-3H3,(H,31,33). The number of carbonyl (C=O) groups excluding carboxylic acids is 2. The minimum absolute atomic E-state index is 0.156. The van der Waals surface area contributed by atoms with Gasteiger partial charge in [0, 0.05) is 30.6 Å². The molecule has 2 unspecified atom stereocenters. The first-order chi connectivity index (χ1) is 17.3. The van der Waals surface area contributed by atoms with Crippen molar-refractivity contribution in [1.82, 2.24) is 10.2 Å². The molecule has 4 rings (SSSR count). The number of methoxy groups -OCH3 is 2. The van der Waals surface area contributed by atoms with Gasteiger partial charge in [0.25, 0.3) is 11.8 Å². The van der Waals surface area contributed by atoms with Crippen LogP contribution < -0.4 is 14.8 Å². The van der Waals surface area contributed by atoms with Crippen molar-refractivity contribution >= 4 is 23.4 Å². The number of carbonyl (C=O) groups is 2. The summed E-state index contributed by atoms with van der Waals surface area (Å²) in [6.07, 6.45) is 0.525. The summed E-state index contributed by atoms with van der Waals surface area (Å²) in [5, 5.41) is 3.47. The van der Waals surface area contributed by atoms with E-state index in [0.717, 1.165) is 11.1 Å². The van der Waals surface area contributed by atoms with Gasteiger partial charge in [-0.1, -0.05) is 29.8 Å². The summed E-state index contributed by atoms with van der Waals surface area (Å²) in [4.78, 5) is 28.3. The maximum Gasteiger partial charge on any atom is 0.254 e. The monoisotopic (exact) mass is 510 g/mol. The highest BCUT2D eigenvalue weighted by Crippen LogP contribution is 2.33. The Bertz CT molecular complexity index is 1280. The number of hydrogen-bond acceptors (Lipinski definition) is 4. The second kappa shape index (κ2) is 11.0. The molecule has 1 aliphatic rings. The molecule has 2 amide bonds. The number of halogens is 2. The molecule has 1 fully saturated rings. The van der Waals surface area contributed by atoms with E-state index in [4.69, 9.17) is 21.1 Å². The average molecular weight is 511 g/mol. The predicted molar refractivity (Wildman–Crippen MR) is 137 cm³/mol. The normalized spacial score (nSPS) is 17.4. The molecule has 0 radical (unpaired) electrons. The van der Waals surface area contributed by atoms with Crippen molar-refractivity contribution in [2.75, 3.05) is 27.3 Å². The van der Waals surface area contributed by atoms with Crippen LogP contribution in [0.2, 0.25) is 5.02 Å². The Morgan fingerprint density at radius 1 is 1.03 bits per heavy atom. The van der Waals surface area contributed by atoms with Crippen molar-refractivity contribution in [1.29, 1.82) is 0 Å². The summed E-state index contributed by atoms with van der Waals surface area (Å²) in [7, 11) is 3.06. The minimum Gasteiger partial charge on any atom is -0.493 e. The first kappa shape index (κ1) is 25.5. The van der Waals surface area contributed by atoms with Crippen LogP contribution in [-0.4, -0.2) is 50.1 Å². The third-order valence-corrected chi connectivity index (χ3v) is 6.93. The molecule has 1 saturated heterocycles. The molecule has 0 saturated carbocycles. The van der Waals surface area contributed by atoms with Crippen LogP contribution in [0.5, 0.6) is 11.5 Å². The molecule has 8 heteroatoms. The fraction of sp³-hybridized carbons (Fsp3) is 0.286. The molecular weight excluding hydrogens is 483 g/mol. The molecule has 0 spiro atoms. The number of likely N-dealkylation sites (tertiary alicyclic amines) is 1. The third kappa shape index (κ3) is 5.31. The van der Waals surface area contributed by atoms with Crippen LogP contribution in [0.1, 0.15) is 44.2 Å². The maximum atomic E-state index is 13.9. The smallest absolute Gasteiger partial charge is 0.254 e. The highest BCUT2D eigenvalue weighted by atomic mass is 35.5. The number of piperidine rings is 1. The summed E-state index contributed by atoms with van der Waals surface area (Å²) >= 11 is 6.24. The fourth-order valence-corrected chi connectivity index (χ4v) is 4.94. The van der Waals surface area contributed by atoms with E-state index in [1.807, 2.05) is 6.92 Å². The summed E-state index contributed by atoms with van der Waals surface area (Å²) in [6, 6.07) is 16.3. The van der Waals surface area contributed by atoms with E-state index in [2.05, 4.69) is 5.32 Å². The van der Waals surface area contributed by atoms with Gasteiger partial charge < -0.3 is 19.7 Å². The molecule has 2 atom stereocenters. The lowest BCUT2D eigenvalue weighted by atomic mass is 9.83. The van der Waals surface area contributed by atoms with E-state index in [1.165, 1.54) is 26.4 Å². The van der Waals surface area contributed by atoms with Gasteiger partial charge in [0.2, 0.25) is 0 Å². The van der Waals surface area contributed by atoms with Crippen LogP contribution in [0.3, 0.4) is 0 Å². The zero-order valence-corrected chi connectivity index (χ0v) is 21.1. The van der Waals surface area contributed by atoms with Gasteiger partial charge in [-0.3, -0.25) is 9.59 Å². The Morgan fingerprint density at radius 3 is 2.47 bits per heavy atom. The largest absolute Gasteiger partial charge is 0.493 e. The third-order valence-electron chi connectivity index (χ3n) is 6.60. The van der Waals surface area contributed by atoms with Crippen molar-refractivity contribution in [3.63, 3.8) is 0 Å². The second-order valence-electron chi connectivity index (χ2n) is 8.78. The lowest BCUT2D eigenvalue weighted by Crippen LogP contribution is -2.51. The van der Waals surface area contributed by atoms with E-state index < -0.39 is 0 Å². The van der Waals surface area contributed by atoms with Gasteiger partial charge in [-0.15, -0.1) is 0 Å². The average Bonchev–Trinajstić information content (AvgIpc) is 2.88. The van der Waals surface area contributed by atoms with Crippen molar-refractivity contribution in [2.24, 2.45) is 0 Å². The highest BCUT2D eigenvalue weighted by molar-refractivity contribution is 6.33. The van der Waals surface area contributed by atoms with E-state index >= 15 is 0 Å². The van der Waals surface area contributed by atoms with Crippen molar-refractivity contribution < 1.29 is 23.5 Å². The molecule has 0 aromatic heterocycles. The fourth-order valence-electron chi connectivity index (χ4n) is 4.72. The number of aryl methyl sites for hydroxylation is 1. The molecule has 36 heavy (non-hydrogen) atoms. The summed E-state index contributed by atoms with van der Waals surface area (Å²) in [5.74, 6) is -0.00508. The molecule has 0 bridgehead atoms.